The number of thiophene rings is 1. The molecular formula is C27H32N6O4S. The Morgan fingerprint density at radius 2 is 1.84 bits per heavy atom. The van der Waals surface area contributed by atoms with Crippen LogP contribution in [0, 0.1) is 5.41 Å². The first kappa shape index (κ1) is 27.1. The Balaban J connectivity index is 1.63. The van der Waals surface area contributed by atoms with Crippen molar-refractivity contribution in [2.75, 3.05) is 17.2 Å². The molecule has 1 saturated heterocycles. The highest BCUT2D eigenvalue weighted by molar-refractivity contribution is 7.20. The molecule has 0 aliphatic carbocycles. The second-order valence-electron chi connectivity index (χ2n) is 10.3. The summed E-state index contributed by atoms with van der Waals surface area (Å²) >= 11 is 1.28. The van der Waals surface area contributed by atoms with Gasteiger partial charge in [0.2, 0.25) is 0 Å². The molecule has 3 heterocycles. The van der Waals surface area contributed by atoms with Gasteiger partial charge < -0.3 is 15.3 Å². The van der Waals surface area contributed by atoms with Crippen LogP contribution < -0.4 is 16.0 Å². The number of hydrogen-bond acceptors (Lipinski definition) is 6. The molecule has 200 valence electrons. The van der Waals surface area contributed by atoms with Crippen LogP contribution >= 0.6 is 11.3 Å². The van der Waals surface area contributed by atoms with Crippen molar-refractivity contribution in [1.82, 2.24) is 20.2 Å². The van der Waals surface area contributed by atoms with Gasteiger partial charge in [0.1, 0.15) is 5.00 Å². The lowest BCUT2D eigenvalue weighted by Gasteiger charge is -2.42. The van der Waals surface area contributed by atoms with E-state index in [2.05, 4.69) is 25.9 Å². The van der Waals surface area contributed by atoms with E-state index < -0.39 is 23.6 Å². The Kier molecular flexibility index (Phi) is 8.26. The largest absolute Gasteiger partial charge is 0.465 e. The van der Waals surface area contributed by atoms with E-state index in [9.17, 15) is 19.5 Å². The number of hydrogen-bond donors (Lipinski definition) is 4. The molecule has 0 radical (unpaired) electrons. The minimum Gasteiger partial charge on any atom is -0.465 e. The molecule has 38 heavy (non-hydrogen) atoms. The molecule has 0 bridgehead atoms. The van der Waals surface area contributed by atoms with Crippen molar-refractivity contribution >= 4 is 40.2 Å². The van der Waals surface area contributed by atoms with Crippen molar-refractivity contribution in [3.63, 3.8) is 0 Å². The van der Waals surface area contributed by atoms with Crippen LogP contribution in [0.4, 0.5) is 20.4 Å². The first-order chi connectivity index (χ1) is 18.1. The van der Waals surface area contributed by atoms with Crippen molar-refractivity contribution < 1.29 is 19.5 Å². The van der Waals surface area contributed by atoms with Gasteiger partial charge in [-0.3, -0.25) is 20.4 Å². The first-order valence-corrected chi connectivity index (χ1v) is 13.3. The first-order valence-electron chi connectivity index (χ1n) is 12.5. The van der Waals surface area contributed by atoms with Gasteiger partial charge >= 0.3 is 12.1 Å². The van der Waals surface area contributed by atoms with Gasteiger partial charge in [0.25, 0.3) is 5.91 Å². The minimum absolute atomic E-state index is 0.274. The third kappa shape index (κ3) is 6.46. The lowest BCUT2D eigenvalue weighted by molar-refractivity contribution is 0.0618. The Labute approximate surface area is 225 Å². The molecule has 4 rings (SSSR count). The van der Waals surface area contributed by atoms with Crippen molar-refractivity contribution in [1.29, 1.82) is 0 Å². The summed E-state index contributed by atoms with van der Waals surface area (Å²) in [4.78, 5) is 48.8. The van der Waals surface area contributed by atoms with Gasteiger partial charge in [0.05, 0.1) is 23.8 Å². The highest BCUT2D eigenvalue weighted by atomic mass is 32.1. The second kappa shape index (κ2) is 11.6. The molecule has 1 aliphatic rings. The van der Waals surface area contributed by atoms with E-state index in [0.29, 0.717) is 23.5 Å². The van der Waals surface area contributed by atoms with E-state index >= 15 is 0 Å². The lowest BCUT2D eigenvalue weighted by atomic mass is 9.80. The predicted octanol–water partition coefficient (Wildman–Crippen LogP) is 5.53. The van der Waals surface area contributed by atoms with Crippen molar-refractivity contribution in [2.45, 2.75) is 52.1 Å². The Bertz CT molecular complexity index is 1280. The molecule has 3 aromatic rings. The molecule has 10 nitrogen and oxygen atoms in total. The zero-order chi connectivity index (χ0) is 27.3. The van der Waals surface area contributed by atoms with E-state index in [1.807, 2.05) is 51.1 Å². The van der Waals surface area contributed by atoms with Crippen LogP contribution in [0.2, 0.25) is 0 Å². The molecule has 4 N–H and O–H groups in total. The van der Waals surface area contributed by atoms with Crippen LogP contribution in [-0.2, 0) is 0 Å². The summed E-state index contributed by atoms with van der Waals surface area (Å²) in [7, 11) is 0. The van der Waals surface area contributed by atoms with Crippen LogP contribution in [0.3, 0.4) is 0 Å². The molecule has 2 aromatic heterocycles. The Hall–Kier alpha value is -3.99. The summed E-state index contributed by atoms with van der Waals surface area (Å²) < 4.78 is 0. The van der Waals surface area contributed by atoms with Crippen LogP contribution in [0.25, 0.3) is 10.4 Å². The fourth-order valence-electron chi connectivity index (χ4n) is 4.86. The zero-order valence-corrected chi connectivity index (χ0v) is 22.4. The number of carboxylic acid groups (broad SMARTS) is 1. The Morgan fingerprint density at radius 1 is 1.08 bits per heavy atom. The maximum atomic E-state index is 13.7. The number of aromatic nitrogens is 2. The standard InChI is InChI=1S/C27H32N6O4S/c1-27(2,3)22-19(11-7-8-14-33(22)26(36)37)30-23(34)18-15-20(17-9-5-4-6-10-17)38-24(18)32-25(35)31-21-16-28-12-13-29-21/h4-6,9-10,12-13,15-16,19,22H,7-8,11,14H2,1-3H3,(H,30,34)(H,36,37)(H2,29,31,32,35)/t19-,22?/m0/s1. The number of rotatable bonds is 5. The monoisotopic (exact) mass is 536 g/mol. The third-order valence-corrected chi connectivity index (χ3v) is 7.50. The van der Waals surface area contributed by atoms with Gasteiger partial charge in [0.15, 0.2) is 5.82 Å². The number of amides is 4. The summed E-state index contributed by atoms with van der Waals surface area (Å²) in [5, 5.41) is 18.8. The Morgan fingerprint density at radius 3 is 2.50 bits per heavy atom. The van der Waals surface area contributed by atoms with E-state index in [4.69, 9.17) is 0 Å². The molecule has 0 spiro atoms. The number of urea groups is 1. The number of carbonyl (C=O) groups is 3. The van der Waals surface area contributed by atoms with Crippen LogP contribution in [0.5, 0.6) is 0 Å². The quantitative estimate of drug-likeness (QED) is 0.339. The van der Waals surface area contributed by atoms with Crippen LogP contribution in [-0.4, -0.2) is 56.6 Å². The number of benzene rings is 1. The molecule has 1 aliphatic heterocycles. The molecule has 11 heteroatoms. The van der Waals surface area contributed by atoms with E-state index in [1.165, 1.54) is 34.8 Å². The van der Waals surface area contributed by atoms with Gasteiger partial charge in [-0.1, -0.05) is 51.1 Å². The van der Waals surface area contributed by atoms with Crippen molar-refractivity contribution in [2.24, 2.45) is 5.41 Å². The van der Waals surface area contributed by atoms with E-state index in [0.717, 1.165) is 23.3 Å². The lowest BCUT2D eigenvalue weighted by Crippen LogP contribution is -2.58. The smallest absolute Gasteiger partial charge is 0.407 e. The van der Waals surface area contributed by atoms with Gasteiger partial charge in [0, 0.05) is 23.8 Å². The normalized spacial score (nSPS) is 17.8. The molecule has 1 aromatic carbocycles. The van der Waals surface area contributed by atoms with E-state index in [-0.39, 0.29) is 17.8 Å². The number of anilines is 2. The third-order valence-electron chi connectivity index (χ3n) is 6.40. The maximum absolute atomic E-state index is 13.7. The highest BCUT2D eigenvalue weighted by Gasteiger charge is 2.41. The van der Waals surface area contributed by atoms with Gasteiger partial charge in [-0.2, -0.15) is 0 Å². The number of nitrogens with zero attached hydrogens (tertiary/aromatic N) is 3. The van der Waals surface area contributed by atoms with Crippen LogP contribution in [0.15, 0.2) is 55.0 Å². The van der Waals surface area contributed by atoms with Gasteiger partial charge in [-0.25, -0.2) is 14.6 Å². The van der Waals surface area contributed by atoms with Gasteiger partial charge in [-0.15, -0.1) is 11.3 Å². The molecule has 1 unspecified atom stereocenters. The summed E-state index contributed by atoms with van der Waals surface area (Å²) in [5.41, 5.74) is 0.817. The topological polar surface area (TPSA) is 137 Å². The fourth-order valence-corrected chi connectivity index (χ4v) is 5.91. The SMILES string of the molecule is CC(C)(C)C1[C@@H](NC(=O)c2cc(-c3ccccc3)sc2NC(=O)Nc2cnccn2)CCCCN1C(=O)O. The maximum Gasteiger partial charge on any atom is 0.407 e. The molecule has 0 saturated carbocycles. The van der Waals surface area contributed by atoms with Crippen LogP contribution in [0.1, 0.15) is 50.4 Å². The number of likely N-dealkylation sites (tertiary alicyclic amines) is 1. The number of carbonyl (C=O) groups excluding carboxylic acids is 2. The zero-order valence-electron chi connectivity index (χ0n) is 21.6. The summed E-state index contributed by atoms with van der Waals surface area (Å²) in [6.45, 7) is 6.38. The summed E-state index contributed by atoms with van der Waals surface area (Å²) in [6, 6.07) is 9.99. The predicted molar refractivity (Wildman–Crippen MR) is 148 cm³/mol. The fraction of sp³-hybridized carbons (Fsp3) is 0.370. The molecule has 4 amide bonds. The summed E-state index contributed by atoms with van der Waals surface area (Å²) in [6.07, 6.45) is 5.58. The average molecular weight is 537 g/mol. The van der Waals surface area contributed by atoms with E-state index in [1.54, 1.807) is 6.07 Å². The highest BCUT2D eigenvalue weighted by Crippen LogP contribution is 2.37. The number of nitrogens with one attached hydrogen (secondary N) is 3. The van der Waals surface area contributed by atoms with Gasteiger partial charge in [-0.05, 0) is 36.3 Å². The second-order valence-corrected chi connectivity index (χ2v) is 11.3. The van der Waals surface area contributed by atoms with Crippen molar-refractivity contribution in [3.8, 4) is 10.4 Å². The molecule has 1 fully saturated rings. The molecule has 2 atom stereocenters. The average Bonchev–Trinajstić information content (AvgIpc) is 3.16. The van der Waals surface area contributed by atoms with Crippen molar-refractivity contribution in [3.05, 3.63) is 60.6 Å². The molecular weight excluding hydrogens is 504 g/mol. The minimum atomic E-state index is -0.990. The summed E-state index contributed by atoms with van der Waals surface area (Å²) in [5.74, 6) is -0.0965.